The monoisotopic (exact) mass is 446 g/mol. The summed E-state index contributed by atoms with van der Waals surface area (Å²) < 4.78 is 5.57. The topological polar surface area (TPSA) is 67.4 Å². The van der Waals surface area contributed by atoms with Gasteiger partial charge in [-0.3, -0.25) is 9.59 Å². The van der Waals surface area contributed by atoms with Gasteiger partial charge in [-0.2, -0.15) is 0 Å². The summed E-state index contributed by atoms with van der Waals surface area (Å²) >= 11 is 1.62. The Bertz CT molecular complexity index is 1070. The lowest BCUT2D eigenvalue weighted by Gasteiger charge is -2.14. The number of para-hydroxylation sites is 1. The number of thioether (sulfide) groups is 1. The van der Waals surface area contributed by atoms with Gasteiger partial charge in [-0.1, -0.05) is 54.6 Å². The van der Waals surface area contributed by atoms with Gasteiger partial charge in [0.25, 0.3) is 11.8 Å². The van der Waals surface area contributed by atoms with Crippen molar-refractivity contribution in [1.29, 1.82) is 0 Å². The summed E-state index contributed by atoms with van der Waals surface area (Å²) in [6, 6.07) is 24.7. The third kappa shape index (κ3) is 5.78. The highest BCUT2D eigenvalue weighted by molar-refractivity contribution is 7.98. The van der Waals surface area contributed by atoms with Crippen LogP contribution in [0.3, 0.4) is 0 Å². The highest BCUT2D eigenvalue weighted by Crippen LogP contribution is 2.27. The first-order chi connectivity index (χ1) is 15.7. The van der Waals surface area contributed by atoms with E-state index in [0.717, 1.165) is 30.1 Å². The molecule has 4 rings (SSSR count). The van der Waals surface area contributed by atoms with Crippen molar-refractivity contribution in [2.24, 2.45) is 0 Å². The van der Waals surface area contributed by atoms with Crippen LogP contribution in [0.4, 0.5) is 5.69 Å². The van der Waals surface area contributed by atoms with Gasteiger partial charge in [0.15, 0.2) is 0 Å². The van der Waals surface area contributed by atoms with Gasteiger partial charge >= 0.3 is 0 Å². The number of hydrogen-bond donors (Lipinski definition) is 2. The van der Waals surface area contributed by atoms with Crippen molar-refractivity contribution in [3.8, 4) is 0 Å². The molecule has 0 radical (unpaired) electrons. The first-order valence-corrected chi connectivity index (χ1v) is 11.8. The van der Waals surface area contributed by atoms with Crippen molar-refractivity contribution in [3.63, 3.8) is 0 Å². The fraction of sp³-hybridized carbons (Fsp3) is 0.231. The molecule has 1 heterocycles. The summed E-state index contributed by atoms with van der Waals surface area (Å²) in [5, 5.41) is 5.85. The Kier molecular flexibility index (Phi) is 7.59. The predicted molar refractivity (Wildman–Crippen MR) is 128 cm³/mol. The van der Waals surface area contributed by atoms with E-state index in [4.69, 9.17) is 4.74 Å². The van der Waals surface area contributed by atoms with Crippen LogP contribution >= 0.6 is 11.8 Å². The minimum absolute atomic E-state index is 0.0641. The Morgan fingerprint density at radius 3 is 2.38 bits per heavy atom. The Labute approximate surface area is 192 Å². The summed E-state index contributed by atoms with van der Waals surface area (Å²) in [4.78, 5) is 26.8. The minimum atomic E-state index is -0.236. The molecule has 2 amide bonds. The number of anilines is 1. The molecule has 0 spiro atoms. The molecule has 0 aromatic heterocycles. The van der Waals surface area contributed by atoms with Crippen molar-refractivity contribution in [2.45, 2.75) is 29.6 Å². The fourth-order valence-corrected chi connectivity index (χ4v) is 4.61. The van der Waals surface area contributed by atoms with Crippen molar-refractivity contribution < 1.29 is 14.3 Å². The molecule has 1 aliphatic heterocycles. The number of amides is 2. The number of benzene rings is 3. The van der Waals surface area contributed by atoms with Gasteiger partial charge in [0.2, 0.25) is 0 Å². The Balaban J connectivity index is 1.44. The van der Waals surface area contributed by atoms with Crippen molar-refractivity contribution in [2.75, 3.05) is 18.5 Å². The Hall–Kier alpha value is -3.09. The normalized spacial score (nSPS) is 15.3. The molecule has 0 bridgehead atoms. The van der Waals surface area contributed by atoms with E-state index in [2.05, 4.69) is 22.8 Å². The van der Waals surface area contributed by atoms with Gasteiger partial charge in [0, 0.05) is 23.8 Å². The van der Waals surface area contributed by atoms with E-state index in [1.165, 1.54) is 5.56 Å². The maximum absolute atomic E-state index is 13.1. The van der Waals surface area contributed by atoms with Crippen LogP contribution in [-0.2, 0) is 10.5 Å². The summed E-state index contributed by atoms with van der Waals surface area (Å²) in [5.74, 6) is 0.316. The van der Waals surface area contributed by atoms with E-state index in [9.17, 15) is 9.59 Å². The fourth-order valence-electron chi connectivity index (χ4n) is 3.60. The molecule has 3 aromatic rings. The smallest absolute Gasteiger partial charge is 0.256 e. The largest absolute Gasteiger partial charge is 0.376 e. The molecule has 6 heteroatoms. The molecule has 0 saturated carbocycles. The lowest BCUT2D eigenvalue weighted by atomic mass is 10.1. The van der Waals surface area contributed by atoms with E-state index in [-0.39, 0.29) is 17.9 Å². The number of ether oxygens (including phenoxy) is 1. The average molecular weight is 447 g/mol. The molecule has 0 unspecified atom stereocenters. The summed E-state index contributed by atoms with van der Waals surface area (Å²) in [6.07, 6.45) is 2.04. The van der Waals surface area contributed by atoms with E-state index in [1.54, 1.807) is 30.0 Å². The zero-order chi connectivity index (χ0) is 22.2. The first-order valence-electron chi connectivity index (χ1n) is 10.8. The first kappa shape index (κ1) is 22.1. The molecule has 2 N–H and O–H groups in total. The van der Waals surface area contributed by atoms with E-state index < -0.39 is 0 Å². The van der Waals surface area contributed by atoms with Crippen LogP contribution in [0.2, 0.25) is 0 Å². The zero-order valence-electron chi connectivity index (χ0n) is 17.8. The average Bonchev–Trinajstić information content (AvgIpc) is 3.36. The van der Waals surface area contributed by atoms with Crippen LogP contribution in [0, 0.1) is 0 Å². The van der Waals surface area contributed by atoms with Crippen molar-refractivity contribution in [1.82, 2.24) is 5.32 Å². The lowest BCUT2D eigenvalue weighted by Crippen LogP contribution is -2.32. The van der Waals surface area contributed by atoms with Gasteiger partial charge in [0.05, 0.1) is 22.9 Å². The number of nitrogens with one attached hydrogen (secondary N) is 2. The quantitative estimate of drug-likeness (QED) is 0.470. The van der Waals surface area contributed by atoms with E-state index >= 15 is 0 Å². The van der Waals surface area contributed by atoms with Crippen LogP contribution < -0.4 is 10.6 Å². The molecule has 164 valence electrons. The Morgan fingerprint density at radius 1 is 0.875 bits per heavy atom. The second kappa shape index (κ2) is 11.0. The maximum atomic E-state index is 13.1. The standard InChI is InChI=1S/C26H26N2O3S/c29-25(27-17-20-11-8-16-31-20)21-12-4-6-14-23(21)28-26(30)22-13-5-7-15-24(22)32-18-19-9-2-1-3-10-19/h1-7,9-10,12-15,20H,8,11,16-18H2,(H,27,29)(H,28,30)/t20-/m0/s1. The van der Waals surface area contributed by atoms with E-state index in [0.29, 0.717) is 23.4 Å². The molecule has 32 heavy (non-hydrogen) atoms. The molecule has 1 aliphatic rings. The van der Waals surface area contributed by atoms with Gasteiger partial charge in [-0.25, -0.2) is 0 Å². The number of carbonyl (C=O) groups excluding carboxylic acids is 2. The van der Waals surface area contributed by atoms with Crippen LogP contribution in [-0.4, -0.2) is 31.1 Å². The molecule has 3 aromatic carbocycles. The van der Waals surface area contributed by atoms with Crippen molar-refractivity contribution >= 4 is 29.3 Å². The maximum Gasteiger partial charge on any atom is 0.256 e. The van der Waals surface area contributed by atoms with Crippen molar-refractivity contribution in [3.05, 3.63) is 95.6 Å². The molecule has 1 atom stereocenters. The van der Waals surface area contributed by atoms with Gasteiger partial charge in [-0.05, 0) is 42.7 Å². The Morgan fingerprint density at radius 2 is 1.59 bits per heavy atom. The molecular formula is C26H26N2O3S. The van der Waals surface area contributed by atoms with Crippen LogP contribution in [0.15, 0.2) is 83.8 Å². The number of carbonyl (C=O) groups is 2. The minimum Gasteiger partial charge on any atom is -0.376 e. The molecule has 1 fully saturated rings. The number of rotatable bonds is 8. The summed E-state index contributed by atoms with van der Waals surface area (Å²) in [7, 11) is 0. The third-order valence-corrected chi connectivity index (χ3v) is 6.45. The van der Waals surface area contributed by atoms with Gasteiger partial charge < -0.3 is 15.4 Å². The van der Waals surface area contributed by atoms with Gasteiger partial charge in [0.1, 0.15) is 0 Å². The summed E-state index contributed by atoms with van der Waals surface area (Å²) in [5.41, 5.74) is 2.71. The van der Waals surface area contributed by atoms with Crippen LogP contribution in [0.1, 0.15) is 39.1 Å². The molecule has 0 aliphatic carbocycles. The predicted octanol–water partition coefficient (Wildman–Crippen LogP) is 5.14. The highest BCUT2D eigenvalue weighted by atomic mass is 32.2. The highest BCUT2D eigenvalue weighted by Gasteiger charge is 2.19. The van der Waals surface area contributed by atoms with Gasteiger partial charge in [-0.15, -0.1) is 11.8 Å². The second-order valence-electron chi connectivity index (χ2n) is 7.62. The molecule has 1 saturated heterocycles. The van der Waals surface area contributed by atoms with Crippen LogP contribution in [0.5, 0.6) is 0 Å². The third-order valence-electron chi connectivity index (χ3n) is 5.30. The molecular weight excluding hydrogens is 420 g/mol. The summed E-state index contributed by atoms with van der Waals surface area (Å²) in [6.45, 7) is 1.22. The van der Waals surface area contributed by atoms with Crippen LogP contribution in [0.25, 0.3) is 0 Å². The zero-order valence-corrected chi connectivity index (χ0v) is 18.6. The number of hydrogen-bond acceptors (Lipinski definition) is 4. The second-order valence-corrected chi connectivity index (χ2v) is 8.63. The molecule has 5 nitrogen and oxygen atoms in total. The lowest BCUT2D eigenvalue weighted by molar-refractivity contribution is 0.0858. The SMILES string of the molecule is O=C(NC[C@@H]1CCCO1)c1ccccc1NC(=O)c1ccccc1SCc1ccccc1. The van der Waals surface area contributed by atoms with E-state index in [1.807, 2.05) is 48.5 Å².